The van der Waals surface area contributed by atoms with E-state index in [1.165, 1.54) is 5.56 Å². The van der Waals surface area contributed by atoms with Gasteiger partial charge in [-0.25, -0.2) is 4.98 Å². The maximum atomic E-state index is 6.03. The van der Waals surface area contributed by atoms with Crippen molar-refractivity contribution in [1.82, 2.24) is 9.97 Å². The van der Waals surface area contributed by atoms with Gasteiger partial charge in [0, 0.05) is 22.9 Å². The quantitative estimate of drug-likeness (QED) is 0.878. The minimum atomic E-state index is 0. The predicted octanol–water partition coefficient (Wildman–Crippen LogP) is 3.22. The van der Waals surface area contributed by atoms with Gasteiger partial charge in [0.05, 0.1) is 0 Å². The molecule has 1 aliphatic rings. The summed E-state index contributed by atoms with van der Waals surface area (Å²) in [5, 5.41) is 0.769. The lowest BCUT2D eigenvalue weighted by Crippen LogP contribution is -2.25. The second kappa shape index (κ2) is 5.23. The number of rotatable bonds is 1. The van der Waals surface area contributed by atoms with Gasteiger partial charge in [-0.05, 0) is 43.2 Å². The molecule has 6 heteroatoms. The van der Waals surface area contributed by atoms with Gasteiger partial charge in [0.2, 0.25) is 5.95 Å². The van der Waals surface area contributed by atoms with Gasteiger partial charge < -0.3 is 10.6 Å². The highest BCUT2D eigenvalue weighted by molar-refractivity contribution is 6.30. The normalized spacial score (nSPS) is 16.9. The number of aromatic nitrogens is 2. The summed E-state index contributed by atoms with van der Waals surface area (Å²) in [4.78, 5) is 10.4. The fraction of sp³-hybridized carbons (Fsp3) is 0.231. The third-order valence-electron chi connectivity index (χ3n) is 3.16. The van der Waals surface area contributed by atoms with Crippen molar-refractivity contribution < 1.29 is 0 Å². The molecule has 2 N–H and O–H groups in total. The van der Waals surface area contributed by atoms with Crippen LogP contribution in [0.4, 0.5) is 17.5 Å². The lowest BCUT2D eigenvalue weighted by atomic mass is 10.1. The molecule has 0 aliphatic carbocycles. The Morgan fingerprint density at radius 1 is 1.37 bits per heavy atom. The fourth-order valence-corrected chi connectivity index (χ4v) is 2.64. The molecule has 0 bridgehead atoms. The Labute approximate surface area is 123 Å². The lowest BCUT2D eigenvalue weighted by molar-refractivity contribution is 0.750. The molecule has 0 saturated heterocycles. The van der Waals surface area contributed by atoms with Crippen molar-refractivity contribution in [2.24, 2.45) is 0 Å². The van der Waals surface area contributed by atoms with E-state index in [1.807, 2.05) is 24.3 Å². The van der Waals surface area contributed by atoms with Crippen molar-refractivity contribution in [3.05, 3.63) is 41.0 Å². The number of halogens is 2. The van der Waals surface area contributed by atoms with Crippen LogP contribution in [0.1, 0.15) is 12.5 Å². The van der Waals surface area contributed by atoms with Crippen LogP contribution >= 0.6 is 24.0 Å². The van der Waals surface area contributed by atoms with Crippen molar-refractivity contribution in [2.75, 3.05) is 10.6 Å². The van der Waals surface area contributed by atoms with E-state index in [9.17, 15) is 0 Å². The largest absolute Gasteiger partial charge is 0.368 e. The first-order valence-corrected chi connectivity index (χ1v) is 6.19. The minimum Gasteiger partial charge on any atom is -0.368 e. The molecule has 4 nitrogen and oxygen atoms in total. The van der Waals surface area contributed by atoms with E-state index in [1.54, 1.807) is 6.20 Å². The Kier molecular flexibility index (Phi) is 3.83. The van der Waals surface area contributed by atoms with E-state index in [4.69, 9.17) is 17.3 Å². The Morgan fingerprint density at radius 2 is 2.16 bits per heavy atom. The standard InChI is InChI=1S/C13H13ClN4.ClH/c1-8-6-9-7-10(14)2-3-11(9)18(8)12-4-5-16-13(15)17-12;/h2-5,7-8H,6H2,1H3,(H2,15,16,17);1H. The molecule has 0 spiro atoms. The summed E-state index contributed by atoms with van der Waals surface area (Å²) in [5.41, 5.74) is 8.03. The van der Waals surface area contributed by atoms with Crippen LogP contribution in [-0.2, 0) is 6.42 Å². The monoisotopic (exact) mass is 296 g/mol. The fourth-order valence-electron chi connectivity index (χ4n) is 2.45. The number of hydrogen-bond acceptors (Lipinski definition) is 4. The summed E-state index contributed by atoms with van der Waals surface area (Å²) in [7, 11) is 0. The first-order valence-electron chi connectivity index (χ1n) is 5.81. The van der Waals surface area contributed by atoms with Crippen molar-refractivity contribution >= 4 is 41.5 Å². The van der Waals surface area contributed by atoms with Crippen molar-refractivity contribution in [1.29, 1.82) is 0 Å². The van der Waals surface area contributed by atoms with Crippen LogP contribution in [0.25, 0.3) is 0 Å². The summed E-state index contributed by atoms with van der Waals surface area (Å²) < 4.78 is 0. The number of fused-ring (bicyclic) bond motifs is 1. The Morgan fingerprint density at radius 3 is 2.89 bits per heavy atom. The molecular weight excluding hydrogens is 283 g/mol. The molecule has 0 radical (unpaired) electrons. The number of nitrogen functional groups attached to an aromatic ring is 1. The lowest BCUT2D eigenvalue weighted by Gasteiger charge is -2.23. The minimum absolute atomic E-state index is 0. The molecular formula is C13H14Cl2N4. The second-order valence-corrected chi connectivity index (χ2v) is 4.91. The summed E-state index contributed by atoms with van der Waals surface area (Å²) >= 11 is 6.03. The topological polar surface area (TPSA) is 55.0 Å². The van der Waals surface area contributed by atoms with Gasteiger partial charge in [-0.1, -0.05) is 11.6 Å². The first kappa shape index (κ1) is 13.9. The second-order valence-electron chi connectivity index (χ2n) is 4.47. The molecule has 2 heterocycles. The summed E-state index contributed by atoms with van der Waals surface area (Å²) in [5.74, 6) is 1.12. The molecule has 1 atom stereocenters. The van der Waals surface area contributed by atoms with Gasteiger partial charge in [-0.2, -0.15) is 4.98 Å². The van der Waals surface area contributed by atoms with Gasteiger partial charge in [-0.3, -0.25) is 0 Å². The van der Waals surface area contributed by atoms with E-state index in [2.05, 4.69) is 21.8 Å². The molecule has 1 unspecified atom stereocenters. The zero-order valence-corrected chi connectivity index (χ0v) is 11.9. The van der Waals surface area contributed by atoms with Gasteiger partial charge >= 0.3 is 0 Å². The third kappa shape index (κ3) is 2.46. The zero-order valence-electron chi connectivity index (χ0n) is 10.4. The van der Waals surface area contributed by atoms with Crippen LogP contribution in [0.5, 0.6) is 0 Å². The van der Waals surface area contributed by atoms with E-state index < -0.39 is 0 Å². The number of nitrogens with two attached hydrogens (primary N) is 1. The van der Waals surface area contributed by atoms with Crippen molar-refractivity contribution in [3.63, 3.8) is 0 Å². The molecule has 100 valence electrons. The summed E-state index contributed by atoms with van der Waals surface area (Å²) in [6, 6.07) is 8.15. The maximum Gasteiger partial charge on any atom is 0.221 e. The van der Waals surface area contributed by atoms with Gasteiger partial charge in [0.1, 0.15) is 5.82 Å². The molecule has 3 rings (SSSR count). The van der Waals surface area contributed by atoms with E-state index in [0.29, 0.717) is 12.0 Å². The number of nitrogens with zero attached hydrogens (tertiary/aromatic N) is 3. The highest BCUT2D eigenvalue weighted by Gasteiger charge is 2.28. The highest BCUT2D eigenvalue weighted by atomic mass is 35.5. The van der Waals surface area contributed by atoms with Crippen LogP contribution in [0, 0.1) is 0 Å². The van der Waals surface area contributed by atoms with E-state index in [-0.39, 0.29) is 12.4 Å². The zero-order chi connectivity index (χ0) is 12.7. The van der Waals surface area contributed by atoms with Crippen molar-refractivity contribution in [2.45, 2.75) is 19.4 Å². The van der Waals surface area contributed by atoms with Crippen LogP contribution in [0.15, 0.2) is 30.5 Å². The third-order valence-corrected chi connectivity index (χ3v) is 3.40. The van der Waals surface area contributed by atoms with Crippen molar-refractivity contribution in [3.8, 4) is 0 Å². The van der Waals surface area contributed by atoms with E-state index >= 15 is 0 Å². The average molecular weight is 297 g/mol. The van der Waals surface area contributed by atoms with Crippen LogP contribution in [-0.4, -0.2) is 16.0 Å². The molecule has 0 amide bonds. The Bertz CT molecular complexity index is 603. The van der Waals surface area contributed by atoms with Crippen LogP contribution in [0.2, 0.25) is 5.02 Å². The first-order chi connectivity index (χ1) is 8.65. The summed E-state index contributed by atoms with van der Waals surface area (Å²) in [6.45, 7) is 2.16. The molecule has 19 heavy (non-hydrogen) atoms. The maximum absolute atomic E-state index is 6.03. The van der Waals surface area contributed by atoms with E-state index in [0.717, 1.165) is 22.9 Å². The van der Waals surface area contributed by atoms with Gasteiger partial charge in [0.25, 0.3) is 0 Å². The van der Waals surface area contributed by atoms with Crippen LogP contribution in [0.3, 0.4) is 0 Å². The molecule has 1 aromatic carbocycles. The van der Waals surface area contributed by atoms with Gasteiger partial charge in [0.15, 0.2) is 0 Å². The van der Waals surface area contributed by atoms with Crippen LogP contribution < -0.4 is 10.6 Å². The molecule has 0 fully saturated rings. The SMILES string of the molecule is CC1Cc2cc(Cl)ccc2N1c1ccnc(N)n1.Cl. The summed E-state index contributed by atoms with van der Waals surface area (Å²) in [6.07, 6.45) is 2.64. The average Bonchev–Trinajstić information content (AvgIpc) is 2.64. The number of hydrogen-bond donors (Lipinski definition) is 1. The smallest absolute Gasteiger partial charge is 0.221 e. The predicted molar refractivity (Wildman–Crippen MR) is 80.4 cm³/mol. The molecule has 1 aromatic heterocycles. The number of anilines is 3. The molecule has 2 aromatic rings. The highest BCUT2D eigenvalue weighted by Crippen LogP contribution is 2.38. The molecule has 1 aliphatic heterocycles. The Balaban J connectivity index is 0.00000133. The number of benzene rings is 1. The van der Waals surface area contributed by atoms with Gasteiger partial charge in [-0.15, -0.1) is 12.4 Å². The molecule has 0 saturated carbocycles. The Hall–Kier alpha value is -1.52.